The topological polar surface area (TPSA) is 91.5 Å². The van der Waals surface area contributed by atoms with Crippen LogP contribution in [0.25, 0.3) is 0 Å². The van der Waals surface area contributed by atoms with Crippen molar-refractivity contribution in [1.29, 1.82) is 0 Å². The molecule has 3 rings (SSSR count). The molecular weight excluding hydrogens is 372 g/mol. The SMILES string of the molecule is CC(=O)N(c1ccc(CCNC[C@H](O)c2ccccc2)cc1)c1csc(N)n1. The third-order valence-electron chi connectivity index (χ3n) is 4.36. The minimum absolute atomic E-state index is 0.116. The van der Waals surface area contributed by atoms with Gasteiger partial charge in [0.1, 0.15) is 0 Å². The van der Waals surface area contributed by atoms with E-state index in [4.69, 9.17) is 5.73 Å². The molecule has 0 bridgehead atoms. The second kappa shape index (κ2) is 9.45. The van der Waals surface area contributed by atoms with Gasteiger partial charge in [0, 0.05) is 18.8 Å². The van der Waals surface area contributed by atoms with E-state index in [1.54, 1.807) is 10.3 Å². The molecule has 0 aliphatic heterocycles. The van der Waals surface area contributed by atoms with Crippen LogP contribution in [0.5, 0.6) is 0 Å². The Morgan fingerprint density at radius 2 is 1.93 bits per heavy atom. The third kappa shape index (κ3) is 5.16. The largest absolute Gasteiger partial charge is 0.387 e. The molecule has 1 amide bonds. The van der Waals surface area contributed by atoms with Crippen LogP contribution in [-0.4, -0.2) is 29.1 Å². The smallest absolute Gasteiger partial charge is 0.229 e. The van der Waals surface area contributed by atoms with E-state index in [-0.39, 0.29) is 5.91 Å². The summed E-state index contributed by atoms with van der Waals surface area (Å²) < 4.78 is 0. The first-order valence-corrected chi connectivity index (χ1v) is 9.97. The minimum atomic E-state index is -0.516. The molecule has 0 radical (unpaired) electrons. The molecule has 0 unspecified atom stereocenters. The molecule has 4 N–H and O–H groups in total. The number of aromatic nitrogens is 1. The summed E-state index contributed by atoms with van der Waals surface area (Å²) in [6.45, 7) is 2.76. The Labute approximate surface area is 168 Å². The van der Waals surface area contributed by atoms with Gasteiger partial charge in [-0.15, -0.1) is 11.3 Å². The lowest BCUT2D eigenvalue weighted by molar-refractivity contribution is -0.115. The van der Waals surface area contributed by atoms with E-state index >= 15 is 0 Å². The molecule has 2 aromatic carbocycles. The summed E-state index contributed by atoms with van der Waals surface area (Å²) in [5, 5.41) is 15.6. The zero-order valence-electron chi connectivity index (χ0n) is 15.7. The highest BCUT2D eigenvalue weighted by Crippen LogP contribution is 2.28. The average Bonchev–Trinajstić information content (AvgIpc) is 3.12. The summed E-state index contributed by atoms with van der Waals surface area (Å²) >= 11 is 1.31. The lowest BCUT2D eigenvalue weighted by Crippen LogP contribution is -2.24. The van der Waals surface area contributed by atoms with Gasteiger partial charge in [0.2, 0.25) is 5.91 Å². The van der Waals surface area contributed by atoms with Gasteiger partial charge < -0.3 is 16.2 Å². The molecule has 28 heavy (non-hydrogen) atoms. The fourth-order valence-electron chi connectivity index (χ4n) is 2.93. The highest BCUT2D eigenvalue weighted by atomic mass is 32.1. The van der Waals surface area contributed by atoms with Crippen molar-refractivity contribution >= 4 is 33.9 Å². The number of aliphatic hydroxyl groups excluding tert-OH is 1. The number of carbonyl (C=O) groups excluding carboxylic acids is 1. The van der Waals surface area contributed by atoms with Crippen molar-refractivity contribution in [2.24, 2.45) is 0 Å². The van der Waals surface area contributed by atoms with Crippen LogP contribution in [0.4, 0.5) is 16.6 Å². The maximum atomic E-state index is 12.0. The Hall–Kier alpha value is -2.74. The van der Waals surface area contributed by atoms with Crippen LogP contribution in [-0.2, 0) is 11.2 Å². The van der Waals surface area contributed by atoms with Crippen LogP contribution >= 0.6 is 11.3 Å². The Morgan fingerprint density at radius 3 is 2.54 bits per heavy atom. The Kier molecular flexibility index (Phi) is 6.76. The van der Waals surface area contributed by atoms with E-state index in [9.17, 15) is 9.90 Å². The maximum absolute atomic E-state index is 12.0. The number of aliphatic hydroxyl groups is 1. The van der Waals surface area contributed by atoms with E-state index < -0.39 is 6.10 Å². The van der Waals surface area contributed by atoms with Gasteiger partial charge in [0.05, 0.1) is 11.8 Å². The number of thiazole rings is 1. The number of nitrogens with two attached hydrogens (primary N) is 1. The van der Waals surface area contributed by atoms with Gasteiger partial charge in [-0.25, -0.2) is 4.98 Å². The molecule has 146 valence electrons. The van der Waals surface area contributed by atoms with Crippen LogP contribution in [0.3, 0.4) is 0 Å². The molecule has 0 saturated heterocycles. The van der Waals surface area contributed by atoms with Crippen molar-refractivity contribution in [1.82, 2.24) is 10.3 Å². The van der Waals surface area contributed by atoms with Crippen LogP contribution in [0.2, 0.25) is 0 Å². The lowest BCUT2D eigenvalue weighted by atomic mass is 10.1. The minimum Gasteiger partial charge on any atom is -0.387 e. The molecule has 1 atom stereocenters. The number of amides is 1. The summed E-state index contributed by atoms with van der Waals surface area (Å²) in [5.74, 6) is 0.425. The van der Waals surface area contributed by atoms with Crippen LogP contribution in [0, 0.1) is 0 Å². The number of benzene rings is 2. The van der Waals surface area contributed by atoms with Crippen LogP contribution < -0.4 is 16.0 Å². The first-order valence-electron chi connectivity index (χ1n) is 9.09. The monoisotopic (exact) mass is 396 g/mol. The second-order valence-electron chi connectivity index (χ2n) is 6.45. The molecule has 3 aromatic rings. The van der Waals surface area contributed by atoms with Gasteiger partial charge in [-0.2, -0.15) is 0 Å². The number of nitrogen functional groups attached to an aromatic ring is 1. The van der Waals surface area contributed by atoms with Gasteiger partial charge >= 0.3 is 0 Å². The zero-order chi connectivity index (χ0) is 19.9. The van der Waals surface area contributed by atoms with Crippen molar-refractivity contribution in [2.75, 3.05) is 23.7 Å². The Balaban J connectivity index is 1.53. The molecule has 1 aromatic heterocycles. The van der Waals surface area contributed by atoms with Gasteiger partial charge in [-0.3, -0.25) is 9.69 Å². The van der Waals surface area contributed by atoms with E-state index in [1.807, 2.05) is 54.6 Å². The third-order valence-corrected chi connectivity index (χ3v) is 5.02. The van der Waals surface area contributed by atoms with E-state index in [0.29, 0.717) is 17.5 Å². The lowest BCUT2D eigenvalue weighted by Gasteiger charge is -2.19. The summed E-state index contributed by atoms with van der Waals surface area (Å²) in [7, 11) is 0. The molecule has 0 aliphatic carbocycles. The normalized spacial score (nSPS) is 11.9. The molecule has 0 aliphatic rings. The molecule has 0 saturated carbocycles. The molecular formula is C21H24N4O2S. The quantitative estimate of drug-likeness (QED) is 0.508. The Morgan fingerprint density at radius 1 is 1.21 bits per heavy atom. The number of hydrogen-bond acceptors (Lipinski definition) is 6. The summed E-state index contributed by atoms with van der Waals surface area (Å²) in [6, 6.07) is 17.4. The van der Waals surface area contributed by atoms with Crippen molar-refractivity contribution in [3.05, 3.63) is 71.1 Å². The van der Waals surface area contributed by atoms with E-state index in [1.165, 1.54) is 18.3 Å². The summed E-state index contributed by atoms with van der Waals surface area (Å²) in [5.41, 5.74) is 8.50. The number of nitrogens with zero attached hydrogens (tertiary/aromatic N) is 2. The predicted molar refractivity (Wildman–Crippen MR) is 114 cm³/mol. The first-order chi connectivity index (χ1) is 13.5. The highest BCUT2D eigenvalue weighted by molar-refractivity contribution is 7.13. The van der Waals surface area contributed by atoms with E-state index in [0.717, 1.165) is 29.8 Å². The molecule has 0 fully saturated rings. The van der Waals surface area contributed by atoms with Crippen molar-refractivity contribution < 1.29 is 9.90 Å². The number of hydrogen-bond donors (Lipinski definition) is 3. The average molecular weight is 397 g/mol. The van der Waals surface area contributed by atoms with E-state index in [2.05, 4.69) is 10.3 Å². The van der Waals surface area contributed by atoms with Crippen molar-refractivity contribution in [3.8, 4) is 0 Å². The van der Waals surface area contributed by atoms with Crippen LogP contribution in [0.1, 0.15) is 24.2 Å². The standard InChI is InChI=1S/C21H24N4O2S/c1-15(26)25(20-14-28-21(22)24-20)18-9-7-16(8-10-18)11-12-23-13-19(27)17-5-3-2-4-6-17/h2-10,14,19,23,27H,11-13H2,1H3,(H2,22,24)/t19-/m0/s1. The zero-order valence-corrected chi connectivity index (χ0v) is 16.5. The number of rotatable bonds is 8. The van der Waals surface area contributed by atoms with Gasteiger partial charge in [0.15, 0.2) is 10.9 Å². The van der Waals surface area contributed by atoms with Gasteiger partial charge in [-0.1, -0.05) is 42.5 Å². The summed E-state index contributed by atoms with van der Waals surface area (Å²) in [4.78, 5) is 17.8. The van der Waals surface area contributed by atoms with Crippen molar-refractivity contribution in [3.63, 3.8) is 0 Å². The number of nitrogens with one attached hydrogen (secondary N) is 1. The molecule has 1 heterocycles. The second-order valence-corrected chi connectivity index (χ2v) is 7.34. The maximum Gasteiger partial charge on any atom is 0.229 e. The first kappa shape index (κ1) is 20.0. The number of carbonyl (C=O) groups is 1. The predicted octanol–water partition coefficient (Wildman–Crippen LogP) is 3.28. The molecule has 0 spiro atoms. The summed E-state index contributed by atoms with van der Waals surface area (Å²) in [6.07, 6.45) is 0.309. The van der Waals surface area contributed by atoms with Crippen LogP contribution in [0.15, 0.2) is 60.0 Å². The fourth-order valence-corrected chi connectivity index (χ4v) is 3.46. The molecule has 6 nitrogen and oxygen atoms in total. The molecule has 7 heteroatoms. The van der Waals surface area contributed by atoms with Crippen molar-refractivity contribution in [2.45, 2.75) is 19.4 Å². The van der Waals surface area contributed by atoms with Gasteiger partial charge in [-0.05, 0) is 36.2 Å². The van der Waals surface area contributed by atoms with Gasteiger partial charge in [0.25, 0.3) is 0 Å². The highest BCUT2D eigenvalue weighted by Gasteiger charge is 2.16. The fraction of sp³-hybridized carbons (Fsp3) is 0.238. The number of anilines is 3. The Bertz CT molecular complexity index is 896.